The first-order valence-electron chi connectivity index (χ1n) is 11.4. The minimum Gasteiger partial charge on any atom is -0.376 e. The minimum atomic E-state index is -0.210. The molecule has 8 heteroatoms. The Morgan fingerprint density at radius 2 is 2.12 bits per heavy atom. The summed E-state index contributed by atoms with van der Waals surface area (Å²) in [6.07, 6.45) is 4.34. The van der Waals surface area contributed by atoms with Crippen LogP contribution in [-0.4, -0.2) is 50.8 Å². The van der Waals surface area contributed by atoms with Gasteiger partial charge in [-0.3, -0.25) is 14.5 Å². The lowest BCUT2D eigenvalue weighted by Gasteiger charge is -2.30. The van der Waals surface area contributed by atoms with Gasteiger partial charge in [0, 0.05) is 51.4 Å². The van der Waals surface area contributed by atoms with E-state index in [0.717, 1.165) is 50.2 Å². The quantitative estimate of drug-likeness (QED) is 0.641. The van der Waals surface area contributed by atoms with Crippen LogP contribution in [0.3, 0.4) is 0 Å². The first kappa shape index (κ1) is 20.9. The Labute approximate surface area is 186 Å². The van der Waals surface area contributed by atoms with Crippen LogP contribution in [0.15, 0.2) is 41.3 Å². The SMILES string of the molecule is CCn1c2c(c(=O)n3ncc(C(=O)NC[C@@H]4CCCO4)c13)CN(Cc1ccccc1)CC2. The van der Waals surface area contributed by atoms with Gasteiger partial charge in [-0.25, -0.2) is 0 Å². The lowest BCUT2D eigenvalue weighted by atomic mass is 10.0. The molecular weight excluding hydrogens is 406 g/mol. The molecule has 0 spiro atoms. The fourth-order valence-electron chi connectivity index (χ4n) is 4.89. The summed E-state index contributed by atoms with van der Waals surface area (Å²) in [6.45, 7) is 6.20. The zero-order valence-electron chi connectivity index (χ0n) is 18.4. The number of hydrogen-bond donors (Lipinski definition) is 1. The number of aromatic nitrogens is 3. The molecule has 8 nitrogen and oxygen atoms in total. The number of benzene rings is 1. The number of carbonyl (C=O) groups excluding carboxylic acids is 1. The minimum absolute atomic E-state index is 0.0671. The van der Waals surface area contributed by atoms with Gasteiger partial charge in [0.15, 0.2) is 5.65 Å². The molecule has 1 N–H and O–H groups in total. The maximum atomic E-state index is 13.4. The van der Waals surface area contributed by atoms with Crippen molar-refractivity contribution in [2.75, 3.05) is 19.7 Å². The van der Waals surface area contributed by atoms with Gasteiger partial charge in [0.25, 0.3) is 11.5 Å². The third-order valence-electron chi connectivity index (χ3n) is 6.49. The van der Waals surface area contributed by atoms with Crippen molar-refractivity contribution in [2.24, 2.45) is 0 Å². The van der Waals surface area contributed by atoms with Crippen LogP contribution in [0.25, 0.3) is 5.65 Å². The number of ether oxygens (including phenoxy) is 1. The van der Waals surface area contributed by atoms with E-state index in [1.165, 1.54) is 16.3 Å². The molecule has 168 valence electrons. The van der Waals surface area contributed by atoms with E-state index in [1.807, 2.05) is 25.1 Å². The van der Waals surface area contributed by atoms with Crippen LogP contribution < -0.4 is 10.9 Å². The van der Waals surface area contributed by atoms with Crippen LogP contribution in [0.2, 0.25) is 0 Å². The second-order valence-corrected chi connectivity index (χ2v) is 8.56. The van der Waals surface area contributed by atoms with Crippen molar-refractivity contribution >= 4 is 11.6 Å². The van der Waals surface area contributed by atoms with E-state index >= 15 is 0 Å². The van der Waals surface area contributed by atoms with Gasteiger partial charge in [0.2, 0.25) is 0 Å². The molecule has 0 unspecified atom stereocenters. The maximum Gasteiger partial charge on any atom is 0.279 e. The van der Waals surface area contributed by atoms with E-state index in [4.69, 9.17) is 4.74 Å². The Hall–Kier alpha value is -2.97. The second kappa shape index (κ2) is 8.88. The lowest BCUT2D eigenvalue weighted by Crippen LogP contribution is -2.39. The molecule has 2 aliphatic rings. The van der Waals surface area contributed by atoms with Crippen molar-refractivity contribution < 1.29 is 9.53 Å². The van der Waals surface area contributed by atoms with Crippen LogP contribution >= 0.6 is 0 Å². The van der Waals surface area contributed by atoms with Gasteiger partial charge in [-0.1, -0.05) is 30.3 Å². The summed E-state index contributed by atoms with van der Waals surface area (Å²) < 4.78 is 9.09. The fourth-order valence-corrected chi connectivity index (χ4v) is 4.89. The molecule has 1 amide bonds. The van der Waals surface area contributed by atoms with Crippen LogP contribution in [0.4, 0.5) is 0 Å². The summed E-state index contributed by atoms with van der Waals surface area (Å²) in [5.74, 6) is -0.210. The second-order valence-electron chi connectivity index (χ2n) is 8.56. The molecule has 4 heterocycles. The van der Waals surface area contributed by atoms with Crippen LogP contribution in [0.1, 0.15) is 46.9 Å². The Morgan fingerprint density at radius 1 is 1.28 bits per heavy atom. The predicted octanol–water partition coefficient (Wildman–Crippen LogP) is 1.98. The molecule has 5 rings (SSSR count). The van der Waals surface area contributed by atoms with Crippen LogP contribution in [-0.2, 0) is 30.8 Å². The molecule has 0 bridgehead atoms. The average molecular weight is 436 g/mol. The van der Waals surface area contributed by atoms with Gasteiger partial charge < -0.3 is 14.6 Å². The standard InChI is InChI=1S/C24H29N5O3/c1-2-28-21-10-11-27(15-17-7-4-3-5-8-17)16-20(21)24(31)29-23(28)19(14-26-29)22(30)25-13-18-9-6-12-32-18/h3-5,7-8,14,18H,2,6,9-13,15-16H2,1H3,(H,25,30)/t18-/m0/s1. The highest BCUT2D eigenvalue weighted by molar-refractivity contribution is 5.99. The normalized spacial score (nSPS) is 18.7. The van der Waals surface area contributed by atoms with Crippen molar-refractivity contribution in [3.63, 3.8) is 0 Å². The van der Waals surface area contributed by atoms with Crippen LogP contribution in [0, 0.1) is 0 Å². The van der Waals surface area contributed by atoms with Crippen molar-refractivity contribution in [3.05, 3.63) is 69.3 Å². The summed E-state index contributed by atoms with van der Waals surface area (Å²) in [5.41, 5.74) is 3.92. The first-order valence-corrected chi connectivity index (χ1v) is 11.4. The zero-order chi connectivity index (χ0) is 22.1. The maximum absolute atomic E-state index is 13.4. The summed E-state index contributed by atoms with van der Waals surface area (Å²) in [7, 11) is 0. The molecule has 2 aliphatic heterocycles. The van der Waals surface area contributed by atoms with Gasteiger partial charge in [0.05, 0.1) is 17.9 Å². The van der Waals surface area contributed by atoms with Gasteiger partial charge in [-0.15, -0.1) is 0 Å². The highest BCUT2D eigenvalue weighted by Crippen LogP contribution is 2.22. The monoisotopic (exact) mass is 435 g/mol. The van der Waals surface area contributed by atoms with Crippen molar-refractivity contribution in [1.29, 1.82) is 0 Å². The van der Waals surface area contributed by atoms with E-state index in [0.29, 0.717) is 30.8 Å². The molecular formula is C24H29N5O3. The number of rotatable bonds is 6. The largest absolute Gasteiger partial charge is 0.376 e. The Balaban J connectivity index is 1.45. The molecule has 1 saturated heterocycles. The van der Waals surface area contributed by atoms with Crippen molar-refractivity contribution in [2.45, 2.75) is 51.9 Å². The first-order chi connectivity index (χ1) is 15.7. The summed E-state index contributed by atoms with van der Waals surface area (Å²) in [5, 5.41) is 7.28. The van der Waals surface area contributed by atoms with E-state index < -0.39 is 0 Å². The van der Waals surface area contributed by atoms with Crippen molar-refractivity contribution in [3.8, 4) is 0 Å². The molecule has 0 saturated carbocycles. The number of amides is 1. The van der Waals surface area contributed by atoms with Crippen molar-refractivity contribution in [1.82, 2.24) is 24.4 Å². The Bertz CT molecular complexity index is 1180. The fraction of sp³-hybridized carbons (Fsp3) is 0.458. The number of hydrogen-bond acceptors (Lipinski definition) is 5. The highest BCUT2D eigenvalue weighted by atomic mass is 16.5. The van der Waals surface area contributed by atoms with Gasteiger partial charge in [-0.05, 0) is 25.3 Å². The topological polar surface area (TPSA) is 80.9 Å². The predicted molar refractivity (Wildman–Crippen MR) is 121 cm³/mol. The third kappa shape index (κ3) is 3.84. The molecule has 3 aromatic rings. The third-order valence-corrected chi connectivity index (χ3v) is 6.49. The lowest BCUT2D eigenvalue weighted by molar-refractivity contribution is 0.0858. The molecule has 1 atom stereocenters. The van der Waals surface area contributed by atoms with Gasteiger partial charge >= 0.3 is 0 Å². The van der Waals surface area contributed by atoms with Gasteiger partial charge in [0.1, 0.15) is 5.56 Å². The summed E-state index contributed by atoms with van der Waals surface area (Å²) in [6, 6.07) is 10.3. The summed E-state index contributed by atoms with van der Waals surface area (Å²) in [4.78, 5) is 28.6. The molecule has 2 aromatic heterocycles. The number of carbonyl (C=O) groups is 1. The highest BCUT2D eigenvalue weighted by Gasteiger charge is 2.27. The van der Waals surface area contributed by atoms with E-state index in [2.05, 4.69) is 32.0 Å². The number of nitrogens with one attached hydrogen (secondary N) is 1. The Kier molecular flexibility index (Phi) is 5.80. The van der Waals surface area contributed by atoms with E-state index in [1.54, 1.807) is 0 Å². The number of aryl methyl sites for hydroxylation is 1. The van der Waals surface area contributed by atoms with Gasteiger partial charge in [-0.2, -0.15) is 9.61 Å². The van der Waals surface area contributed by atoms with Crippen LogP contribution in [0.5, 0.6) is 0 Å². The molecule has 0 aliphatic carbocycles. The number of nitrogens with zero attached hydrogens (tertiary/aromatic N) is 4. The average Bonchev–Trinajstić information content (AvgIpc) is 3.49. The molecule has 32 heavy (non-hydrogen) atoms. The van der Waals surface area contributed by atoms with E-state index in [-0.39, 0.29) is 17.6 Å². The smallest absolute Gasteiger partial charge is 0.279 e. The number of fused-ring (bicyclic) bond motifs is 2. The zero-order valence-corrected chi connectivity index (χ0v) is 18.4. The van der Waals surface area contributed by atoms with E-state index in [9.17, 15) is 9.59 Å². The summed E-state index contributed by atoms with van der Waals surface area (Å²) >= 11 is 0. The Morgan fingerprint density at radius 3 is 2.88 bits per heavy atom. The molecule has 0 radical (unpaired) electrons. The molecule has 1 aromatic carbocycles. The molecule has 1 fully saturated rings.